The van der Waals surface area contributed by atoms with Crippen molar-refractivity contribution in [1.29, 1.82) is 0 Å². The van der Waals surface area contributed by atoms with Gasteiger partial charge in [0.25, 0.3) is 0 Å². The predicted molar refractivity (Wildman–Crippen MR) is 250 cm³/mol. The summed E-state index contributed by atoms with van der Waals surface area (Å²) in [4.78, 5) is 37.3. The fourth-order valence-electron chi connectivity index (χ4n) is 7.65. The largest absolute Gasteiger partial charge is 0.472 e. The molecule has 0 spiro atoms. The van der Waals surface area contributed by atoms with E-state index < -0.39 is 26.5 Å². The number of nitrogens with zero attached hydrogens (tertiary/aromatic N) is 1. The van der Waals surface area contributed by atoms with Crippen LogP contribution in [0.1, 0.15) is 208 Å². The van der Waals surface area contributed by atoms with Crippen LogP contribution in [0.25, 0.3) is 0 Å². The van der Waals surface area contributed by atoms with E-state index in [1.165, 1.54) is 105 Å². The van der Waals surface area contributed by atoms with Crippen molar-refractivity contribution < 1.29 is 46.4 Å². The Morgan fingerprint density at radius 1 is 0.613 bits per heavy atom. The number of esters is 2. The van der Waals surface area contributed by atoms with Gasteiger partial charge in [0.05, 0.1) is 13.2 Å². The minimum atomic E-state index is -4.39. The molecule has 1 N–H and O–H groups in total. The SMILES string of the molecule is CCCCCc1cc(C)c(CCCCCCCCC(=O)O[C@H](COC(=O)CCCCCCCCCCCCc2oc(CCCCC)c(C)c2C)COP(=O)(O)OCCN(C)C)o1. The van der Waals surface area contributed by atoms with Gasteiger partial charge in [-0.2, -0.15) is 0 Å². The molecule has 2 atom stereocenters. The molecule has 0 saturated heterocycles. The van der Waals surface area contributed by atoms with Gasteiger partial charge >= 0.3 is 19.8 Å². The molecule has 2 heterocycles. The molecule has 11 nitrogen and oxygen atoms in total. The maximum absolute atomic E-state index is 12.8. The fraction of sp³-hybridized carbons (Fsp3) is 0.800. The minimum absolute atomic E-state index is 0.00454. The monoisotopic (exact) mass is 894 g/mol. The lowest BCUT2D eigenvalue weighted by atomic mass is 10.0. The van der Waals surface area contributed by atoms with E-state index in [1.54, 1.807) is 0 Å². The number of hydrogen-bond acceptors (Lipinski definition) is 10. The summed E-state index contributed by atoms with van der Waals surface area (Å²) >= 11 is 0. The topological polar surface area (TPSA) is 138 Å². The van der Waals surface area contributed by atoms with E-state index in [9.17, 15) is 19.0 Å². The fourth-order valence-corrected chi connectivity index (χ4v) is 8.39. The molecular weight excluding hydrogens is 806 g/mol. The summed E-state index contributed by atoms with van der Waals surface area (Å²) in [5, 5.41) is 0. The van der Waals surface area contributed by atoms with Crippen LogP contribution in [0.2, 0.25) is 0 Å². The number of unbranched alkanes of at least 4 members (excludes halogenated alkanes) is 18. The smallest absolute Gasteiger partial charge is 0.466 e. The molecule has 0 aliphatic heterocycles. The lowest BCUT2D eigenvalue weighted by molar-refractivity contribution is -0.161. The molecule has 0 amide bonds. The summed E-state index contributed by atoms with van der Waals surface area (Å²) in [6.45, 7) is 10.7. The number of likely N-dealkylation sites (N-methyl/N-ethyl adjacent to an activating group) is 1. The lowest BCUT2D eigenvalue weighted by Crippen LogP contribution is -2.29. The van der Waals surface area contributed by atoms with Gasteiger partial charge in [0.1, 0.15) is 29.6 Å². The molecule has 0 fully saturated rings. The average molecular weight is 894 g/mol. The maximum Gasteiger partial charge on any atom is 0.472 e. The highest BCUT2D eigenvalue weighted by atomic mass is 31.2. The van der Waals surface area contributed by atoms with Crippen molar-refractivity contribution in [3.8, 4) is 0 Å². The predicted octanol–water partition coefficient (Wildman–Crippen LogP) is 13.2. The van der Waals surface area contributed by atoms with Crippen LogP contribution in [0.15, 0.2) is 14.9 Å². The van der Waals surface area contributed by atoms with E-state index >= 15 is 0 Å². The third-order valence-electron chi connectivity index (χ3n) is 11.8. The number of carbonyl (C=O) groups excluding carboxylic acids is 2. The van der Waals surface area contributed by atoms with Crippen LogP contribution in [0.4, 0.5) is 0 Å². The molecule has 0 radical (unpaired) electrons. The first-order valence-corrected chi connectivity index (χ1v) is 26.1. The third-order valence-corrected chi connectivity index (χ3v) is 12.7. The summed E-state index contributed by atoms with van der Waals surface area (Å²) in [7, 11) is -0.745. The Morgan fingerprint density at radius 2 is 1.08 bits per heavy atom. The normalized spacial score (nSPS) is 13.2. The van der Waals surface area contributed by atoms with Crippen LogP contribution in [0, 0.1) is 20.8 Å². The molecule has 0 bridgehead atoms. The van der Waals surface area contributed by atoms with E-state index in [4.69, 9.17) is 27.4 Å². The van der Waals surface area contributed by atoms with E-state index in [-0.39, 0.29) is 32.0 Å². The van der Waals surface area contributed by atoms with E-state index in [0.29, 0.717) is 13.0 Å². The second-order valence-corrected chi connectivity index (χ2v) is 19.2. The Bertz CT molecular complexity index is 1520. The molecule has 1 unspecified atom stereocenters. The Kier molecular flexibility index (Phi) is 30.5. The quantitative estimate of drug-likeness (QED) is 0.0389. The molecule has 2 aromatic rings. The third kappa shape index (κ3) is 26.4. The summed E-state index contributed by atoms with van der Waals surface area (Å²) in [5.74, 6) is 3.75. The van der Waals surface area contributed by atoms with Gasteiger partial charge in [-0.15, -0.1) is 0 Å². The van der Waals surface area contributed by atoms with Gasteiger partial charge in [0, 0.05) is 45.1 Å². The highest BCUT2D eigenvalue weighted by Crippen LogP contribution is 2.43. The van der Waals surface area contributed by atoms with Crippen molar-refractivity contribution in [2.45, 2.75) is 221 Å². The number of phosphoric ester groups is 1. The number of carbonyl (C=O) groups is 2. The summed E-state index contributed by atoms with van der Waals surface area (Å²) < 4.78 is 46.0. The molecule has 12 heteroatoms. The van der Waals surface area contributed by atoms with Crippen molar-refractivity contribution in [3.05, 3.63) is 45.8 Å². The van der Waals surface area contributed by atoms with Crippen LogP contribution in [0.5, 0.6) is 0 Å². The van der Waals surface area contributed by atoms with Gasteiger partial charge < -0.3 is 28.1 Å². The molecule has 0 aliphatic rings. The highest BCUT2D eigenvalue weighted by molar-refractivity contribution is 7.47. The van der Waals surface area contributed by atoms with Gasteiger partial charge in [0.2, 0.25) is 0 Å². The second kappa shape index (κ2) is 34.0. The van der Waals surface area contributed by atoms with E-state index in [2.05, 4.69) is 40.7 Å². The molecule has 62 heavy (non-hydrogen) atoms. The van der Waals surface area contributed by atoms with Gasteiger partial charge in [-0.3, -0.25) is 18.6 Å². The summed E-state index contributed by atoms with van der Waals surface area (Å²) in [6, 6.07) is 2.19. The minimum Gasteiger partial charge on any atom is -0.466 e. The first-order chi connectivity index (χ1) is 29.8. The van der Waals surface area contributed by atoms with E-state index in [1.807, 2.05) is 19.0 Å². The van der Waals surface area contributed by atoms with Crippen LogP contribution in [-0.4, -0.2) is 68.3 Å². The summed E-state index contributed by atoms with van der Waals surface area (Å²) in [5.41, 5.74) is 3.94. The Hall–Kier alpha value is -2.43. The van der Waals surface area contributed by atoms with Crippen molar-refractivity contribution in [3.63, 3.8) is 0 Å². The number of hydrogen-bond donors (Lipinski definition) is 1. The van der Waals surface area contributed by atoms with Crippen molar-refractivity contribution in [1.82, 2.24) is 4.90 Å². The Morgan fingerprint density at radius 3 is 1.61 bits per heavy atom. The number of phosphoric acid groups is 1. The van der Waals surface area contributed by atoms with E-state index in [0.717, 1.165) is 95.0 Å². The average Bonchev–Trinajstić information content (AvgIpc) is 3.72. The zero-order valence-electron chi connectivity index (χ0n) is 40.3. The molecule has 2 rings (SSSR count). The number of ether oxygens (including phenoxy) is 2. The molecule has 2 aromatic heterocycles. The molecule has 0 aromatic carbocycles. The first-order valence-electron chi connectivity index (χ1n) is 24.6. The molecule has 358 valence electrons. The van der Waals surface area contributed by atoms with Crippen LogP contribution in [-0.2, 0) is 58.4 Å². The highest BCUT2D eigenvalue weighted by Gasteiger charge is 2.26. The van der Waals surface area contributed by atoms with Crippen LogP contribution >= 0.6 is 7.82 Å². The molecule has 0 aliphatic carbocycles. The van der Waals surface area contributed by atoms with Crippen LogP contribution < -0.4 is 0 Å². The number of furan rings is 2. The Balaban J connectivity index is 1.60. The van der Waals surface area contributed by atoms with Gasteiger partial charge in [-0.1, -0.05) is 117 Å². The summed E-state index contributed by atoms with van der Waals surface area (Å²) in [6.07, 6.45) is 27.9. The van der Waals surface area contributed by atoms with Gasteiger partial charge in [-0.05, 0) is 96.1 Å². The molecule has 0 saturated carbocycles. The number of rotatable bonds is 40. The van der Waals surface area contributed by atoms with Gasteiger partial charge in [-0.25, -0.2) is 4.57 Å². The van der Waals surface area contributed by atoms with Gasteiger partial charge in [0.15, 0.2) is 6.10 Å². The van der Waals surface area contributed by atoms with Crippen molar-refractivity contribution in [2.24, 2.45) is 0 Å². The zero-order valence-corrected chi connectivity index (χ0v) is 41.2. The molecular formula is C50H88NO10P. The standard InChI is InChI=1S/C50H88NO10P/c1-8-10-24-30-44-38-41(3)46(59-44)31-26-20-18-19-23-29-35-50(53)60-45(40-58-62(54,55)57-37-36-51(6)7)39-56-49(52)34-28-22-17-15-13-12-14-16-21-27-33-48-43(5)42(4)47(61-48)32-25-11-9-2/h38,45H,8-37,39-40H2,1-7H3,(H,54,55)/t45-/m1/s1. The lowest BCUT2D eigenvalue weighted by Gasteiger charge is -2.20. The van der Waals surface area contributed by atoms with Crippen molar-refractivity contribution in [2.75, 3.05) is 40.5 Å². The zero-order chi connectivity index (χ0) is 45.4. The van der Waals surface area contributed by atoms with Crippen molar-refractivity contribution >= 4 is 19.8 Å². The first kappa shape index (κ1) is 55.7. The maximum atomic E-state index is 12.8. The Labute approximate surface area is 376 Å². The van der Waals surface area contributed by atoms with Crippen LogP contribution in [0.3, 0.4) is 0 Å². The second-order valence-electron chi connectivity index (χ2n) is 17.8. The number of aryl methyl sites for hydroxylation is 5.